The molecule has 0 aliphatic carbocycles. The van der Waals surface area contributed by atoms with Crippen LogP contribution in [0.25, 0.3) is 0 Å². The molecular formula is C16H21F2NO. The van der Waals surface area contributed by atoms with Gasteiger partial charge in [0.2, 0.25) is 0 Å². The summed E-state index contributed by atoms with van der Waals surface area (Å²) in [5.41, 5.74) is -0.128. The number of hydrogen-bond acceptors (Lipinski definition) is 2. The van der Waals surface area contributed by atoms with Crippen molar-refractivity contribution < 1.29 is 13.6 Å². The summed E-state index contributed by atoms with van der Waals surface area (Å²) < 4.78 is 27.2. The third kappa shape index (κ3) is 3.63. The van der Waals surface area contributed by atoms with E-state index in [1.54, 1.807) is 0 Å². The third-order valence-electron chi connectivity index (χ3n) is 4.04. The molecule has 0 N–H and O–H groups in total. The molecule has 1 aromatic carbocycles. The van der Waals surface area contributed by atoms with E-state index >= 15 is 0 Å². The molecule has 1 fully saturated rings. The molecule has 1 aromatic rings. The number of benzene rings is 1. The van der Waals surface area contributed by atoms with E-state index in [1.165, 1.54) is 6.07 Å². The highest BCUT2D eigenvalue weighted by atomic mass is 19.1. The van der Waals surface area contributed by atoms with E-state index < -0.39 is 23.0 Å². The first-order valence-electron chi connectivity index (χ1n) is 7.09. The second kappa shape index (κ2) is 6.00. The lowest BCUT2D eigenvalue weighted by atomic mass is 9.85. The minimum absolute atomic E-state index is 0.0912. The predicted molar refractivity (Wildman–Crippen MR) is 74.8 cm³/mol. The third-order valence-corrected chi connectivity index (χ3v) is 4.04. The number of nitrogens with zero attached hydrogens (tertiary/aromatic N) is 1. The molecule has 4 heteroatoms. The maximum Gasteiger partial charge on any atom is 0.182 e. The lowest BCUT2D eigenvalue weighted by Gasteiger charge is -2.23. The summed E-state index contributed by atoms with van der Waals surface area (Å²) in [6, 6.07) is 3.53. The first-order valence-corrected chi connectivity index (χ1v) is 7.09. The lowest BCUT2D eigenvalue weighted by molar-refractivity contribution is 0.0922. The average Bonchev–Trinajstić information content (AvgIpc) is 2.51. The zero-order chi connectivity index (χ0) is 14.8. The molecule has 0 saturated carbocycles. The molecule has 1 heterocycles. The molecule has 0 bridgehead atoms. The molecule has 1 aliphatic heterocycles. The van der Waals surface area contributed by atoms with E-state index in [9.17, 15) is 13.6 Å². The van der Waals surface area contributed by atoms with Gasteiger partial charge in [-0.15, -0.1) is 0 Å². The molecule has 1 saturated heterocycles. The molecule has 0 spiro atoms. The molecule has 20 heavy (non-hydrogen) atoms. The van der Waals surface area contributed by atoms with E-state index in [2.05, 4.69) is 13.8 Å². The lowest BCUT2D eigenvalue weighted by Crippen LogP contribution is -2.32. The number of hydrogen-bond donors (Lipinski definition) is 0. The fourth-order valence-electron chi connectivity index (χ4n) is 2.68. The van der Waals surface area contributed by atoms with Crippen LogP contribution in [0.1, 0.15) is 43.5 Å². The molecular weight excluding hydrogens is 260 g/mol. The van der Waals surface area contributed by atoms with Crippen LogP contribution in [0.3, 0.4) is 0 Å². The Morgan fingerprint density at radius 2 is 1.85 bits per heavy atom. The Bertz CT molecular complexity index is 479. The van der Waals surface area contributed by atoms with E-state index in [0.717, 1.165) is 44.5 Å². The smallest absolute Gasteiger partial charge is 0.182 e. The second-order valence-corrected chi connectivity index (χ2v) is 6.31. The zero-order valence-electron chi connectivity index (χ0n) is 12.1. The topological polar surface area (TPSA) is 20.3 Å². The van der Waals surface area contributed by atoms with E-state index in [4.69, 9.17) is 0 Å². The summed E-state index contributed by atoms with van der Waals surface area (Å²) in [6.07, 6.45) is 3.13. The number of rotatable bonds is 3. The summed E-state index contributed by atoms with van der Waals surface area (Å²) in [5, 5.41) is 0. The van der Waals surface area contributed by atoms with Gasteiger partial charge in [0.25, 0.3) is 0 Å². The van der Waals surface area contributed by atoms with Gasteiger partial charge in [-0.3, -0.25) is 9.69 Å². The summed E-state index contributed by atoms with van der Waals surface area (Å²) in [6.45, 7) is 6.14. The second-order valence-electron chi connectivity index (χ2n) is 6.31. The zero-order valence-corrected chi connectivity index (χ0v) is 12.1. The summed E-state index contributed by atoms with van der Waals surface area (Å²) >= 11 is 0. The summed E-state index contributed by atoms with van der Waals surface area (Å²) in [4.78, 5) is 14.1. The number of carbonyl (C=O) groups is 1. The number of ketones is 1. The van der Waals surface area contributed by atoms with Crippen molar-refractivity contribution in [3.8, 4) is 0 Å². The van der Waals surface area contributed by atoms with Crippen LogP contribution in [0.15, 0.2) is 18.2 Å². The minimum Gasteiger partial charge on any atom is -0.296 e. The Hall–Kier alpha value is -1.29. The molecule has 2 rings (SSSR count). The van der Waals surface area contributed by atoms with Crippen molar-refractivity contribution in [1.82, 2.24) is 4.90 Å². The van der Waals surface area contributed by atoms with Gasteiger partial charge in [-0.1, -0.05) is 19.9 Å². The standard InChI is InChI=1S/C16H21F2NO/c1-16(2)7-4-9-19(10-8-16)11-14(20)15-12(17)5-3-6-13(15)18/h3,5-6H,4,7-11H2,1-2H3. The maximum atomic E-state index is 13.6. The summed E-state index contributed by atoms with van der Waals surface area (Å²) in [5.74, 6) is -2.02. The van der Waals surface area contributed by atoms with Crippen LogP contribution in [0, 0.1) is 17.0 Å². The van der Waals surface area contributed by atoms with Crippen LogP contribution in [-0.4, -0.2) is 30.3 Å². The minimum atomic E-state index is -0.773. The number of carbonyl (C=O) groups excluding carboxylic acids is 1. The molecule has 0 amide bonds. The van der Waals surface area contributed by atoms with Crippen molar-refractivity contribution in [2.75, 3.05) is 19.6 Å². The van der Waals surface area contributed by atoms with Gasteiger partial charge in [-0.25, -0.2) is 8.78 Å². The largest absolute Gasteiger partial charge is 0.296 e. The van der Waals surface area contributed by atoms with Gasteiger partial charge < -0.3 is 0 Å². The Labute approximate surface area is 118 Å². The van der Waals surface area contributed by atoms with Crippen LogP contribution >= 0.6 is 0 Å². The van der Waals surface area contributed by atoms with Gasteiger partial charge in [-0.05, 0) is 49.9 Å². The Morgan fingerprint density at radius 3 is 2.50 bits per heavy atom. The maximum absolute atomic E-state index is 13.6. The van der Waals surface area contributed by atoms with Gasteiger partial charge in [0.15, 0.2) is 5.78 Å². The van der Waals surface area contributed by atoms with E-state index in [-0.39, 0.29) is 12.0 Å². The van der Waals surface area contributed by atoms with Crippen molar-refractivity contribution in [2.45, 2.75) is 33.1 Å². The molecule has 110 valence electrons. The van der Waals surface area contributed by atoms with Crippen molar-refractivity contribution in [3.63, 3.8) is 0 Å². The van der Waals surface area contributed by atoms with Crippen molar-refractivity contribution >= 4 is 5.78 Å². The van der Waals surface area contributed by atoms with E-state index in [0.29, 0.717) is 0 Å². The van der Waals surface area contributed by atoms with Crippen LogP contribution in [0.2, 0.25) is 0 Å². The van der Waals surface area contributed by atoms with Crippen LogP contribution in [0.5, 0.6) is 0 Å². The van der Waals surface area contributed by atoms with Crippen LogP contribution in [0.4, 0.5) is 8.78 Å². The van der Waals surface area contributed by atoms with E-state index in [1.807, 2.05) is 4.90 Å². The van der Waals surface area contributed by atoms with Crippen molar-refractivity contribution in [1.29, 1.82) is 0 Å². The Balaban J connectivity index is 2.05. The first-order chi connectivity index (χ1) is 9.39. The number of Topliss-reactive ketones (excluding diaryl/α,β-unsaturated/α-hetero) is 1. The summed E-state index contributed by atoms with van der Waals surface area (Å²) in [7, 11) is 0. The van der Waals surface area contributed by atoms with Crippen LogP contribution in [-0.2, 0) is 0 Å². The molecule has 0 radical (unpaired) electrons. The molecule has 0 atom stereocenters. The number of likely N-dealkylation sites (tertiary alicyclic amines) is 1. The van der Waals surface area contributed by atoms with Crippen molar-refractivity contribution in [2.24, 2.45) is 5.41 Å². The SMILES string of the molecule is CC1(C)CCCN(CC(=O)c2c(F)cccc2F)CC1. The number of halogens is 2. The fraction of sp³-hybridized carbons (Fsp3) is 0.562. The molecule has 2 nitrogen and oxygen atoms in total. The van der Waals surface area contributed by atoms with Gasteiger partial charge in [-0.2, -0.15) is 0 Å². The Kier molecular flexibility index (Phi) is 4.53. The average molecular weight is 281 g/mol. The van der Waals surface area contributed by atoms with Crippen molar-refractivity contribution in [3.05, 3.63) is 35.4 Å². The van der Waals surface area contributed by atoms with Gasteiger partial charge in [0.1, 0.15) is 11.6 Å². The predicted octanol–water partition coefficient (Wildman–Crippen LogP) is 3.66. The fourth-order valence-corrected chi connectivity index (χ4v) is 2.68. The highest BCUT2D eigenvalue weighted by Gasteiger charge is 2.25. The highest BCUT2D eigenvalue weighted by Crippen LogP contribution is 2.29. The van der Waals surface area contributed by atoms with Crippen LogP contribution < -0.4 is 0 Å². The first kappa shape index (κ1) is 15.1. The Morgan fingerprint density at radius 1 is 1.20 bits per heavy atom. The normalized spacial score (nSPS) is 19.6. The van der Waals surface area contributed by atoms with Gasteiger partial charge in [0.05, 0.1) is 12.1 Å². The molecule has 0 unspecified atom stereocenters. The quantitative estimate of drug-likeness (QED) is 0.788. The van der Waals surface area contributed by atoms with Gasteiger partial charge in [0, 0.05) is 0 Å². The molecule has 0 aromatic heterocycles. The molecule has 1 aliphatic rings. The van der Waals surface area contributed by atoms with Gasteiger partial charge >= 0.3 is 0 Å². The highest BCUT2D eigenvalue weighted by molar-refractivity contribution is 5.98. The monoisotopic (exact) mass is 281 g/mol.